The number of rotatable bonds is 4. The van der Waals surface area contributed by atoms with E-state index in [1.165, 1.54) is 0 Å². The molecular formula is C20H24N2O3. The number of carbonyl (C=O) groups is 2. The first-order chi connectivity index (χ1) is 12.0. The second-order valence-electron chi connectivity index (χ2n) is 7.13. The van der Waals surface area contributed by atoms with E-state index >= 15 is 0 Å². The average molecular weight is 340 g/mol. The maximum absolute atomic E-state index is 12.9. The van der Waals surface area contributed by atoms with Gasteiger partial charge in [0.2, 0.25) is 0 Å². The zero-order valence-electron chi connectivity index (χ0n) is 14.7. The molecule has 2 aromatic rings. The minimum absolute atomic E-state index is 0.0394. The van der Waals surface area contributed by atoms with E-state index in [2.05, 4.69) is 24.1 Å². The van der Waals surface area contributed by atoms with Gasteiger partial charge in [-0.05, 0) is 43.7 Å². The van der Waals surface area contributed by atoms with Crippen LogP contribution in [0.2, 0.25) is 0 Å². The molecule has 1 aromatic carbocycles. The van der Waals surface area contributed by atoms with Gasteiger partial charge in [0.25, 0.3) is 5.91 Å². The molecule has 3 rings (SSSR count). The van der Waals surface area contributed by atoms with Crippen LogP contribution in [0.15, 0.2) is 30.3 Å². The molecule has 0 atom stereocenters. The third-order valence-corrected chi connectivity index (χ3v) is 4.98. The first kappa shape index (κ1) is 17.4. The van der Waals surface area contributed by atoms with Gasteiger partial charge in [0, 0.05) is 17.1 Å². The summed E-state index contributed by atoms with van der Waals surface area (Å²) in [5, 5.41) is 13.0. The number of carbonyl (C=O) groups excluding carboxylic acids is 1. The second kappa shape index (κ2) is 7.21. The largest absolute Gasteiger partial charge is 0.481 e. The molecule has 0 bridgehead atoms. The molecule has 0 radical (unpaired) electrons. The van der Waals surface area contributed by atoms with Crippen molar-refractivity contribution < 1.29 is 14.7 Å². The lowest BCUT2D eigenvalue weighted by Crippen LogP contribution is -2.38. The molecule has 5 heteroatoms. The Morgan fingerprint density at radius 2 is 1.84 bits per heavy atom. The summed E-state index contributed by atoms with van der Waals surface area (Å²) in [6.07, 6.45) is 2.66. The van der Waals surface area contributed by atoms with Crippen molar-refractivity contribution in [3.8, 4) is 0 Å². The van der Waals surface area contributed by atoms with Crippen molar-refractivity contribution in [1.29, 1.82) is 0 Å². The first-order valence-corrected chi connectivity index (χ1v) is 8.89. The van der Waals surface area contributed by atoms with E-state index in [0.29, 0.717) is 31.2 Å². The number of pyridine rings is 1. The van der Waals surface area contributed by atoms with Gasteiger partial charge in [0.15, 0.2) is 0 Å². The fourth-order valence-corrected chi connectivity index (χ4v) is 3.43. The number of para-hydroxylation sites is 1. The van der Waals surface area contributed by atoms with Crippen LogP contribution in [0.3, 0.4) is 0 Å². The topological polar surface area (TPSA) is 79.3 Å². The standard InChI is InChI=1S/C20H24N2O3/c1-12(2)18-11-16(15-5-3-4-6-17(15)22-18)19(23)21-14-9-7-13(8-10-14)20(24)25/h3-6,11-14H,7-10H2,1-2H3,(H,21,23)(H,24,25). The van der Waals surface area contributed by atoms with E-state index in [-0.39, 0.29) is 23.8 Å². The van der Waals surface area contributed by atoms with Crippen LogP contribution in [-0.4, -0.2) is 28.0 Å². The Bertz CT molecular complexity index is 793. The molecule has 0 spiro atoms. The highest BCUT2D eigenvalue weighted by Gasteiger charge is 2.27. The molecule has 1 aromatic heterocycles. The first-order valence-electron chi connectivity index (χ1n) is 8.89. The summed E-state index contributed by atoms with van der Waals surface area (Å²) in [5.41, 5.74) is 2.38. The van der Waals surface area contributed by atoms with Crippen molar-refractivity contribution >= 4 is 22.8 Å². The molecule has 1 aliphatic carbocycles. The number of carboxylic acids is 1. The normalized spacial score (nSPS) is 20.6. The van der Waals surface area contributed by atoms with E-state index in [1.807, 2.05) is 30.3 Å². The van der Waals surface area contributed by atoms with Crippen molar-refractivity contribution in [2.24, 2.45) is 5.92 Å². The van der Waals surface area contributed by atoms with Crippen molar-refractivity contribution in [1.82, 2.24) is 10.3 Å². The number of aromatic nitrogens is 1. The molecule has 1 saturated carbocycles. The van der Waals surface area contributed by atoms with E-state index in [4.69, 9.17) is 5.11 Å². The summed E-state index contributed by atoms with van der Waals surface area (Å²) in [5.74, 6) is -0.865. The smallest absolute Gasteiger partial charge is 0.306 e. The van der Waals surface area contributed by atoms with Gasteiger partial charge in [-0.1, -0.05) is 32.0 Å². The number of nitrogens with zero attached hydrogens (tertiary/aromatic N) is 1. The Kier molecular flexibility index (Phi) is 5.02. The number of carboxylic acid groups (broad SMARTS) is 1. The van der Waals surface area contributed by atoms with Crippen molar-refractivity contribution in [2.75, 3.05) is 0 Å². The molecule has 0 saturated heterocycles. The molecule has 25 heavy (non-hydrogen) atoms. The SMILES string of the molecule is CC(C)c1cc(C(=O)NC2CCC(C(=O)O)CC2)c2ccccc2n1. The monoisotopic (exact) mass is 340 g/mol. The Hall–Kier alpha value is -2.43. The van der Waals surface area contributed by atoms with Crippen molar-refractivity contribution in [3.63, 3.8) is 0 Å². The van der Waals surface area contributed by atoms with Crippen LogP contribution < -0.4 is 5.32 Å². The Balaban J connectivity index is 1.81. The van der Waals surface area contributed by atoms with Crippen LogP contribution in [0.5, 0.6) is 0 Å². The number of nitrogens with one attached hydrogen (secondary N) is 1. The summed E-state index contributed by atoms with van der Waals surface area (Å²) in [6, 6.07) is 9.60. The average Bonchev–Trinajstić information content (AvgIpc) is 2.61. The van der Waals surface area contributed by atoms with Gasteiger partial charge in [0.05, 0.1) is 17.0 Å². The van der Waals surface area contributed by atoms with E-state index < -0.39 is 5.97 Å². The fourth-order valence-electron chi connectivity index (χ4n) is 3.43. The van der Waals surface area contributed by atoms with E-state index in [0.717, 1.165) is 16.6 Å². The molecule has 1 fully saturated rings. The minimum Gasteiger partial charge on any atom is -0.481 e. The van der Waals surface area contributed by atoms with Gasteiger partial charge in [-0.2, -0.15) is 0 Å². The number of benzene rings is 1. The lowest BCUT2D eigenvalue weighted by molar-refractivity contribution is -0.142. The zero-order valence-corrected chi connectivity index (χ0v) is 14.7. The Labute approximate surface area is 147 Å². The number of fused-ring (bicyclic) bond motifs is 1. The summed E-state index contributed by atoms with van der Waals surface area (Å²) in [4.78, 5) is 28.6. The highest BCUT2D eigenvalue weighted by atomic mass is 16.4. The number of aliphatic carboxylic acids is 1. The highest BCUT2D eigenvalue weighted by molar-refractivity contribution is 6.06. The number of hydrogen-bond donors (Lipinski definition) is 2. The van der Waals surface area contributed by atoms with Crippen LogP contribution in [0.25, 0.3) is 10.9 Å². The Morgan fingerprint density at radius 3 is 2.48 bits per heavy atom. The van der Waals surface area contributed by atoms with Crippen molar-refractivity contribution in [3.05, 3.63) is 41.6 Å². The van der Waals surface area contributed by atoms with Gasteiger partial charge in [0.1, 0.15) is 0 Å². The van der Waals surface area contributed by atoms with Gasteiger partial charge in [-0.25, -0.2) is 0 Å². The highest BCUT2D eigenvalue weighted by Crippen LogP contribution is 2.26. The summed E-state index contributed by atoms with van der Waals surface area (Å²) in [6.45, 7) is 4.12. The molecule has 132 valence electrons. The molecule has 2 N–H and O–H groups in total. The summed E-state index contributed by atoms with van der Waals surface area (Å²) < 4.78 is 0. The molecule has 1 heterocycles. The Morgan fingerprint density at radius 1 is 1.16 bits per heavy atom. The van der Waals surface area contributed by atoms with Gasteiger partial charge < -0.3 is 10.4 Å². The van der Waals surface area contributed by atoms with Crippen LogP contribution >= 0.6 is 0 Å². The van der Waals surface area contributed by atoms with E-state index in [9.17, 15) is 9.59 Å². The lowest BCUT2D eigenvalue weighted by Gasteiger charge is -2.27. The maximum Gasteiger partial charge on any atom is 0.306 e. The second-order valence-corrected chi connectivity index (χ2v) is 7.13. The molecule has 0 aliphatic heterocycles. The predicted molar refractivity (Wildman–Crippen MR) is 96.7 cm³/mol. The predicted octanol–water partition coefficient (Wildman–Crippen LogP) is 3.73. The molecule has 1 amide bonds. The summed E-state index contributed by atoms with van der Waals surface area (Å²) in [7, 11) is 0. The third-order valence-electron chi connectivity index (χ3n) is 4.98. The molecule has 5 nitrogen and oxygen atoms in total. The van der Waals surface area contributed by atoms with Crippen molar-refractivity contribution in [2.45, 2.75) is 51.5 Å². The third kappa shape index (κ3) is 3.81. The molecule has 0 unspecified atom stereocenters. The van der Waals surface area contributed by atoms with Crippen LogP contribution in [0, 0.1) is 5.92 Å². The molecule has 1 aliphatic rings. The van der Waals surface area contributed by atoms with Crippen LogP contribution in [-0.2, 0) is 4.79 Å². The number of amides is 1. The quantitative estimate of drug-likeness (QED) is 0.889. The molecular weight excluding hydrogens is 316 g/mol. The van der Waals surface area contributed by atoms with Crippen LogP contribution in [0.4, 0.5) is 0 Å². The van der Waals surface area contributed by atoms with Gasteiger partial charge >= 0.3 is 5.97 Å². The fraction of sp³-hybridized carbons (Fsp3) is 0.450. The lowest BCUT2D eigenvalue weighted by atomic mass is 9.86. The van der Waals surface area contributed by atoms with Gasteiger partial charge in [-0.15, -0.1) is 0 Å². The maximum atomic E-state index is 12.9. The van der Waals surface area contributed by atoms with Crippen LogP contribution in [0.1, 0.15) is 61.5 Å². The minimum atomic E-state index is -0.730. The van der Waals surface area contributed by atoms with Gasteiger partial charge in [-0.3, -0.25) is 14.6 Å². The summed E-state index contributed by atoms with van der Waals surface area (Å²) >= 11 is 0. The zero-order chi connectivity index (χ0) is 18.0. The van der Waals surface area contributed by atoms with E-state index in [1.54, 1.807) is 0 Å². The number of hydrogen-bond acceptors (Lipinski definition) is 3.